The first-order valence-corrected chi connectivity index (χ1v) is 4.71. The van der Waals surface area contributed by atoms with Crippen LogP contribution in [0.3, 0.4) is 0 Å². The molecule has 0 radical (unpaired) electrons. The van der Waals surface area contributed by atoms with Gasteiger partial charge in [0.05, 0.1) is 12.4 Å². The molecule has 0 aliphatic heterocycles. The van der Waals surface area contributed by atoms with E-state index in [9.17, 15) is 0 Å². The zero-order chi connectivity index (χ0) is 10.6. The Morgan fingerprint density at radius 1 is 1.07 bits per heavy atom. The van der Waals surface area contributed by atoms with E-state index in [-0.39, 0.29) is 0 Å². The Balaban J connectivity index is 0.000000112. The summed E-state index contributed by atoms with van der Waals surface area (Å²) in [4.78, 5) is 3.56. The van der Waals surface area contributed by atoms with Crippen LogP contribution in [0.4, 0.5) is 0 Å². The number of oxazole rings is 1. The molecule has 0 aliphatic rings. The standard InChI is InChI=1S/C3H3NO.C3H3NS.C2H2N2O/c1-2-5-3-4-1;1-2-4-5-3-1;1-2-5-4-3-1/h2*1-3H;1-2H. The predicted molar refractivity (Wildman–Crippen MR) is 52.9 cm³/mol. The number of rotatable bonds is 0. The van der Waals surface area contributed by atoms with E-state index >= 15 is 0 Å². The second-order valence-corrected chi connectivity index (χ2v) is 2.65. The Labute approximate surface area is 89.7 Å². The Morgan fingerprint density at radius 2 is 2.07 bits per heavy atom. The minimum atomic E-state index is 1.38. The smallest absolute Gasteiger partial charge is 0.180 e. The lowest BCUT2D eigenvalue weighted by atomic mass is 10.8. The number of hydrogen-bond acceptors (Lipinski definition) is 7. The molecule has 0 N–H and O–H groups in total. The maximum absolute atomic E-state index is 4.47. The molecule has 0 saturated carbocycles. The van der Waals surface area contributed by atoms with Crippen LogP contribution in [0.25, 0.3) is 0 Å². The summed E-state index contributed by atoms with van der Waals surface area (Å²) in [5.41, 5.74) is 0. The third-order valence-corrected chi connectivity index (χ3v) is 1.50. The van der Waals surface area contributed by atoms with Gasteiger partial charge in [-0.2, -0.15) is 0 Å². The first-order chi connectivity index (χ1) is 7.50. The fourth-order valence-electron chi connectivity index (χ4n) is 0.487. The molecule has 3 heterocycles. The second kappa shape index (κ2) is 8.57. The van der Waals surface area contributed by atoms with Crippen LogP contribution in [0.1, 0.15) is 0 Å². The maximum atomic E-state index is 4.47. The fraction of sp³-hybridized carbons (Fsp3) is 0. The van der Waals surface area contributed by atoms with E-state index in [1.165, 1.54) is 36.6 Å². The molecule has 0 aliphatic carbocycles. The highest BCUT2D eigenvalue weighted by Gasteiger charge is 1.61. The van der Waals surface area contributed by atoms with Crippen molar-refractivity contribution < 1.29 is 8.94 Å². The van der Waals surface area contributed by atoms with Crippen LogP contribution in [0.2, 0.25) is 0 Å². The van der Waals surface area contributed by atoms with E-state index in [0.717, 1.165) is 0 Å². The van der Waals surface area contributed by atoms with Crippen LogP contribution in [-0.2, 0) is 0 Å². The highest BCUT2D eigenvalue weighted by Crippen LogP contribution is 1.83. The largest absolute Gasteiger partial charge is 0.452 e. The molecule has 0 amide bonds. The van der Waals surface area contributed by atoms with Gasteiger partial charge >= 0.3 is 0 Å². The molecule has 0 atom stereocenters. The van der Waals surface area contributed by atoms with Crippen LogP contribution in [0.5, 0.6) is 0 Å². The molecule has 78 valence electrons. The van der Waals surface area contributed by atoms with E-state index in [1.807, 2.05) is 11.4 Å². The van der Waals surface area contributed by atoms with Gasteiger partial charge in [-0.15, -0.1) is 5.10 Å². The van der Waals surface area contributed by atoms with Gasteiger partial charge in [-0.3, -0.25) is 0 Å². The monoisotopic (exact) mass is 224 g/mol. The van der Waals surface area contributed by atoms with E-state index < -0.39 is 0 Å². The van der Waals surface area contributed by atoms with Gasteiger partial charge in [-0.25, -0.2) is 9.36 Å². The number of nitrogens with zero attached hydrogens (tertiary/aromatic N) is 4. The molecule has 7 heteroatoms. The summed E-state index contributed by atoms with van der Waals surface area (Å²) < 4.78 is 12.5. The molecule has 3 aromatic heterocycles. The molecule has 3 rings (SSSR count). The summed E-state index contributed by atoms with van der Waals surface area (Å²) in [7, 11) is 0. The van der Waals surface area contributed by atoms with Crippen molar-refractivity contribution in [2.24, 2.45) is 0 Å². The lowest BCUT2D eigenvalue weighted by Gasteiger charge is -1.47. The van der Waals surface area contributed by atoms with Crippen molar-refractivity contribution in [3.8, 4) is 0 Å². The van der Waals surface area contributed by atoms with Gasteiger partial charge in [0.1, 0.15) is 12.5 Å². The minimum Gasteiger partial charge on any atom is -0.452 e. The van der Waals surface area contributed by atoms with Gasteiger partial charge in [0.25, 0.3) is 0 Å². The Kier molecular flexibility index (Phi) is 6.32. The summed E-state index contributed by atoms with van der Waals surface area (Å²) in [5.74, 6) is 0. The Hall–Kier alpha value is -2.02. The quantitative estimate of drug-likeness (QED) is 0.580. The third-order valence-electron chi connectivity index (χ3n) is 0.977. The van der Waals surface area contributed by atoms with E-state index in [2.05, 4.69) is 28.7 Å². The summed E-state index contributed by atoms with van der Waals surface area (Å²) in [6, 6.07) is 1.91. The zero-order valence-corrected chi connectivity index (χ0v) is 8.45. The molecule has 6 nitrogen and oxygen atoms in total. The van der Waals surface area contributed by atoms with Gasteiger partial charge < -0.3 is 8.94 Å². The van der Waals surface area contributed by atoms with Gasteiger partial charge in [0, 0.05) is 16.8 Å². The molecule has 0 spiro atoms. The first-order valence-electron chi connectivity index (χ1n) is 3.87. The zero-order valence-electron chi connectivity index (χ0n) is 7.63. The molecule has 0 bridgehead atoms. The molecule has 0 unspecified atom stereocenters. The maximum Gasteiger partial charge on any atom is 0.180 e. The van der Waals surface area contributed by atoms with Crippen LogP contribution >= 0.6 is 11.5 Å². The predicted octanol–water partition coefficient (Wildman–Crippen LogP) is 1.89. The van der Waals surface area contributed by atoms with Crippen LogP contribution < -0.4 is 0 Å². The molecular formula is C8H8N4O2S. The van der Waals surface area contributed by atoms with E-state index in [4.69, 9.17) is 0 Å². The molecule has 0 aromatic carbocycles. The number of aromatic nitrogens is 4. The average molecular weight is 224 g/mol. The van der Waals surface area contributed by atoms with Gasteiger partial charge in [-0.1, -0.05) is 0 Å². The SMILES string of the molecule is c1cnsc1.c1cocn1.c1conn1. The van der Waals surface area contributed by atoms with Gasteiger partial charge in [0.2, 0.25) is 0 Å². The Bertz CT molecular complexity index is 257. The topological polar surface area (TPSA) is 77.8 Å². The fourth-order valence-corrected chi connectivity index (χ4v) is 0.839. The summed E-state index contributed by atoms with van der Waals surface area (Å²) in [6.07, 6.45) is 9.12. The second-order valence-electron chi connectivity index (χ2n) is 1.95. The molecule has 15 heavy (non-hydrogen) atoms. The molecular weight excluding hydrogens is 216 g/mol. The van der Waals surface area contributed by atoms with Gasteiger partial charge in [0.15, 0.2) is 6.39 Å². The van der Waals surface area contributed by atoms with Crippen LogP contribution in [-0.4, -0.2) is 19.7 Å². The first kappa shape index (κ1) is 11.1. The molecule has 3 aromatic rings. The van der Waals surface area contributed by atoms with Gasteiger partial charge in [-0.05, 0) is 17.6 Å². The third kappa shape index (κ3) is 7.08. The van der Waals surface area contributed by atoms with E-state index in [0.29, 0.717) is 0 Å². The average Bonchev–Trinajstić information content (AvgIpc) is 3.09. The molecule has 0 saturated heterocycles. The summed E-state index contributed by atoms with van der Waals surface area (Å²) in [5, 5.41) is 8.33. The highest BCUT2D eigenvalue weighted by molar-refractivity contribution is 7.03. The van der Waals surface area contributed by atoms with Crippen molar-refractivity contribution in [2.75, 3.05) is 0 Å². The summed E-state index contributed by atoms with van der Waals surface area (Å²) >= 11 is 1.46. The minimum absolute atomic E-state index is 1.38. The number of hydrogen-bond donors (Lipinski definition) is 0. The van der Waals surface area contributed by atoms with Crippen molar-refractivity contribution in [3.63, 3.8) is 0 Å². The van der Waals surface area contributed by atoms with Crippen LogP contribution in [0.15, 0.2) is 57.9 Å². The summed E-state index contributed by atoms with van der Waals surface area (Å²) in [6.45, 7) is 0. The van der Waals surface area contributed by atoms with Crippen molar-refractivity contribution in [2.45, 2.75) is 0 Å². The lowest BCUT2D eigenvalue weighted by Crippen LogP contribution is -1.53. The van der Waals surface area contributed by atoms with Crippen molar-refractivity contribution in [1.29, 1.82) is 0 Å². The van der Waals surface area contributed by atoms with Crippen molar-refractivity contribution in [3.05, 3.63) is 49.0 Å². The van der Waals surface area contributed by atoms with Crippen molar-refractivity contribution >= 4 is 11.5 Å². The Morgan fingerprint density at radius 3 is 2.27 bits per heavy atom. The normalized spacial score (nSPS) is 8.00. The highest BCUT2D eigenvalue weighted by atomic mass is 32.1. The molecule has 0 fully saturated rings. The van der Waals surface area contributed by atoms with Crippen molar-refractivity contribution in [1.82, 2.24) is 19.7 Å². The lowest BCUT2D eigenvalue weighted by molar-refractivity contribution is 0.393. The van der Waals surface area contributed by atoms with Crippen LogP contribution in [0, 0.1) is 0 Å². The van der Waals surface area contributed by atoms with E-state index in [1.54, 1.807) is 12.4 Å².